The van der Waals surface area contributed by atoms with E-state index < -0.39 is 25.1 Å². The van der Waals surface area contributed by atoms with Crippen molar-refractivity contribution in [2.24, 2.45) is 0 Å². The molecule has 110 valence electrons. The third kappa shape index (κ3) is 3.68. The lowest BCUT2D eigenvalue weighted by Gasteiger charge is -2.13. The number of hydrogen-bond donors (Lipinski definition) is 0. The van der Waals surface area contributed by atoms with Gasteiger partial charge in [-0.1, -0.05) is 30.3 Å². The normalized spacial score (nSPS) is 21.6. The minimum absolute atomic E-state index is 0.0420. The zero-order chi connectivity index (χ0) is 14.8. The molecule has 0 N–H and O–H groups in total. The molecule has 0 aliphatic carbocycles. The van der Waals surface area contributed by atoms with Crippen LogP contribution in [0, 0.1) is 0 Å². The van der Waals surface area contributed by atoms with Crippen molar-refractivity contribution in [3.8, 4) is 0 Å². The van der Waals surface area contributed by atoms with Gasteiger partial charge in [-0.05, 0) is 18.1 Å². The van der Waals surface area contributed by atoms with E-state index >= 15 is 0 Å². The van der Waals surface area contributed by atoms with Crippen LogP contribution in [0.1, 0.15) is 12.0 Å². The molecule has 2 rings (SSSR count). The van der Waals surface area contributed by atoms with Crippen molar-refractivity contribution in [1.82, 2.24) is 4.31 Å². The van der Waals surface area contributed by atoms with Gasteiger partial charge in [-0.15, -0.1) is 0 Å². The predicted octanol–water partition coefficient (Wildman–Crippen LogP) is 1.11. The highest BCUT2D eigenvalue weighted by Crippen LogP contribution is 2.20. The minimum Gasteiger partial charge on any atom is -0.229 e. The molecule has 0 amide bonds. The van der Waals surface area contributed by atoms with Crippen molar-refractivity contribution in [2.45, 2.75) is 11.7 Å². The molecule has 1 aromatic rings. The number of hydrogen-bond acceptors (Lipinski definition) is 4. The van der Waals surface area contributed by atoms with Gasteiger partial charge in [-0.3, -0.25) is 0 Å². The van der Waals surface area contributed by atoms with Crippen LogP contribution in [0.15, 0.2) is 35.7 Å². The van der Waals surface area contributed by atoms with Gasteiger partial charge in [0, 0.05) is 24.8 Å². The molecular weight excluding hydrogens is 298 g/mol. The summed E-state index contributed by atoms with van der Waals surface area (Å²) in [6.45, 7) is 0.291. The summed E-state index contributed by atoms with van der Waals surface area (Å²) in [5, 5.41) is 0.537. The van der Waals surface area contributed by atoms with Crippen LogP contribution in [0.3, 0.4) is 0 Å². The van der Waals surface area contributed by atoms with E-state index in [0.717, 1.165) is 17.2 Å². The molecule has 1 saturated heterocycles. The fourth-order valence-corrected chi connectivity index (χ4v) is 4.42. The molecular formula is C13H17NO4S2. The van der Waals surface area contributed by atoms with Crippen molar-refractivity contribution < 1.29 is 16.8 Å². The lowest BCUT2D eigenvalue weighted by atomic mass is 10.2. The Morgan fingerprint density at radius 2 is 1.80 bits per heavy atom. The van der Waals surface area contributed by atoms with E-state index in [0.29, 0.717) is 6.42 Å². The number of benzene rings is 1. The van der Waals surface area contributed by atoms with Gasteiger partial charge in [0.25, 0.3) is 0 Å². The number of rotatable bonds is 4. The molecule has 0 spiro atoms. The van der Waals surface area contributed by atoms with Gasteiger partial charge < -0.3 is 0 Å². The smallest absolute Gasteiger partial charge is 0.229 e. The molecule has 0 unspecified atom stereocenters. The maximum atomic E-state index is 12.1. The van der Waals surface area contributed by atoms with E-state index in [1.165, 1.54) is 10.4 Å². The van der Waals surface area contributed by atoms with Gasteiger partial charge in [0.15, 0.2) is 9.84 Å². The van der Waals surface area contributed by atoms with Crippen LogP contribution in [-0.4, -0.2) is 45.7 Å². The summed E-state index contributed by atoms with van der Waals surface area (Å²) in [5.74, 6) is 0. The summed E-state index contributed by atoms with van der Waals surface area (Å²) in [6.07, 6.45) is 3.02. The maximum Gasteiger partial charge on any atom is 0.236 e. The minimum atomic E-state index is -3.56. The molecule has 1 aromatic carbocycles. The Balaban J connectivity index is 2.11. The Morgan fingerprint density at radius 1 is 1.15 bits per heavy atom. The highest BCUT2D eigenvalue weighted by atomic mass is 32.2. The van der Waals surface area contributed by atoms with Crippen LogP contribution in [0.2, 0.25) is 0 Å². The van der Waals surface area contributed by atoms with Crippen molar-refractivity contribution in [3.63, 3.8) is 0 Å². The van der Waals surface area contributed by atoms with Crippen LogP contribution in [0.5, 0.6) is 0 Å². The molecule has 0 radical (unpaired) electrons. The van der Waals surface area contributed by atoms with Crippen LogP contribution >= 0.6 is 0 Å². The monoisotopic (exact) mass is 315 g/mol. The fraction of sp³-hybridized carbons (Fsp3) is 0.385. The molecule has 1 heterocycles. The summed E-state index contributed by atoms with van der Waals surface area (Å²) in [5.41, 5.74) is 0.787. The van der Waals surface area contributed by atoms with Crippen molar-refractivity contribution in [1.29, 1.82) is 0 Å². The second-order valence-electron chi connectivity index (χ2n) is 4.86. The molecule has 1 fully saturated rings. The molecule has 7 heteroatoms. The quantitative estimate of drug-likeness (QED) is 0.834. The Bertz CT molecular complexity index is 693. The Hall–Kier alpha value is -1.18. The van der Waals surface area contributed by atoms with Crippen molar-refractivity contribution >= 4 is 25.9 Å². The zero-order valence-corrected chi connectivity index (χ0v) is 12.8. The van der Waals surface area contributed by atoms with Gasteiger partial charge in [0.05, 0.1) is 5.25 Å². The highest BCUT2D eigenvalue weighted by molar-refractivity contribution is 7.92. The summed E-state index contributed by atoms with van der Waals surface area (Å²) in [4.78, 5) is 0. The van der Waals surface area contributed by atoms with E-state index in [1.807, 2.05) is 18.2 Å². The molecule has 5 nitrogen and oxygen atoms in total. The summed E-state index contributed by atoms with van der Waals surface area (Å²) >= 11 is 0. The van der Waals surface area contributed by atoms with E-state index in [9.17, 15) is 16.8 Å². The maximum absolute atomic E-state index is 12.1. The standard InChI is InChI=1S/C13H17NO4S2/c1-19(15,16)13-7-9-14(11-13)20(17,18)10-8-12-5-3-2-4-6-12/h2-6,8,10,13H,7,9,11H2,1H3/b10-8+/t13-/m0/s1. The average Bonchev–Trinajstić information content (AvgIpc) is 2.88. The van der Waals surface area contributed by atoms with Crippen LogP contribution in [0.4, 0.5) is 0 Å². The van der Waals surface area contributed by atoms with Gasteiger partial charge in [-0.25, -0.2) is 16.8 Å². The fourth-order valence-electron chi connectivity index (χ4n) is 2.09. The highest BCUT2D eigenvalue weighted by Gasteiger charge is 2.35. The average molecular weight is 315 g/mol. The van der Waals surface area contributed by atoms with Gasteiger partial charge in [0.2, 0.25) is 10.0 Å². The molecule has 0 saturated carbocycles. The second kappa shape index (κ2) is 5.67. The third-order valence-electron chi connectivity index (χ3n) is 3.31. The molecule has 1 atom stereocenters. The van der Waals surface area contributed by atoms with Crippen LogP contribution < -0.4 is 0 Å². The molecule has 1 aliphatic rings. The summed E-state index contributed by atoms with van der Waals surface area (Å²) < 4.78 is 48.4. The zero-order valence-electron chi connectivity index (χ0n) is 11.1. The van der Waals surface area contributed by atoms with Crippen LogP contribution in [-0.2, 0) is 19.9 Å². The SMILES string of the molecule is CS(=O)(=O)[C@H]1CCN(S(=O)(=O)/C=C/c2ccccc2)C1. The first kappa shape index (κ1) is 15.2. The summed E-state index contributed by atoms with van der Waals surface area (Å²) in [6, 6.07) is 9.09. The first-order valence-electron chi connectivity index (χ1n) is 6.21. The van der Waals surface area contributed by atoms with Crippen molar-refractivity contribution in [3.05, 3.63) is 41.3 Å². The van der Waals surface area contributed by atoms with Crippen molar-refractivity contribution in [2.75, 3.05) is 19.3 Å². The van der Waals surface area contributed by atoms with Gasteiger partial charge in [0.1, 0.15) is 0 Å². The predicted molar refractivity (Wildman–Crippen MR) is 79.2 cm³/mol. The largest absolute Gasteiger partial charge is 0.236 e. The van der Waals surface area contributed by atoms with E-state index in [2.05, 4.69) is 0 Å². The lowest BCUT2D eigenvalue weighted by Crippen LogP contribution is -2.30. The molecule has 20 heavy (non-hydrogen) atoms. The Labute approximate surface area is 119 Å². The molecule has 1 aliphatic heterocycles. The third-order valence-corrected chi connectivity index (χ3v) is 6.43. The molecule has 0 bridgehead atoms. The molecule has 0 aromatic heterocycles. The number of sulfone groups is 1. The first-order chi connectivity index (χ1) is 9.29. The first-order valence-corrected chi connectivity index (χ1v) is 9.67. The van der Waals surface area contributed by atoms with Gasteiger partial charge >= 0.3 is 0 Å². The number of sulfonamides is 1. The Kier molecular flexibility index (Phi) is 4.31. The topological polar surface area (TPSA) is 71.5 Å². The van der Waals surface area contributed by atoms with E-state index in [4.69, 9.17) is 0 Å². The van der Waals surface area contributed by atoms with E-state index in [1.54, 1.807) is 12.1 Å². The van der Waals surface area contributed by atoms with Gasteiger partial charge in [-0.2, -0.15) is 4.31 Å². The number of nitrogens with zero attached hydrogens (tertiary/aromatic N) is 1. The Morgan fingerprint density at radius 3 is 2.35 bits per heavy atom. The second-order valence-corrected chi connectivity index (χ2v) is 9.00. The van der Waals surface area contributed by atoms with E-state index in [-0.39, 0.29) is 13.1 Å². The van der Waals surface area contributed by atoms with Crippen LogP contribution in [0.25, 0.3) is 6.08 Å². The summed E-state index contributed by atoms with van der Waals surface area (Å²) in [7, 11) is -6.76. The lowest BCUT2D eigenvalue weighted by molar-refractivity contribution is 0.485.